The van der Waals surface area contributed by atoms with Crippen molar-refractivity contribution in [2.45, 2.75) is 18.9 Å². The SMILES string of the molecule is CNC(CCc1cccnc1)c1cccc(Br)c1F. The fourth-order valence-electron chi connectivity index (χ4n) is 2.10. The van der Waals surface area contributed by atoms with Crippen LogP contribution in [0.4, 0.5) is 4.39 Å². The fraction of sp³-hybridized carbons (Fsp3) is 0.267. The van der Waals surface area contributed by atoms with Gasteiger partial charge in [0.2, 0.25) is 0 Å². The fourth-order valence-corrected chi connectivity index (χ4v) is 2.48. The van der Waals surface area contributed by atoms with E-state index in [1.165, 1.54) is 0 Å². The molecule has 1 atom stereocenters. The molecule has 2 aromatic rings. The molecule has 100 valence electrons. The van der Waals surface area contributed by atoms with Crippen LogP contribution in [-0.4, -0.2) is 12.0 Å². The summed E-state index contributed by atoms with van der Waals surface area (Å²) in [7, 11) is 1.86. The molecule has 4 heteroatoms. The summed E-state index contributed by atoms with van der Waals surface area (Å²) in [5.41, 5.74) is 1.86. The first-order valence-electron chi connectivity index (χ1n) is 6.22. The maximum Gasteiger partial charge on any atom is 0.142 e. The van der Waals surface area contributed by atoms with Gasteiger partial charge in [0.1, 0.15) is 5.82 Å². The number of nitrogens with zero attached hydrogens (tertiary/aromatic N) is 1. The van der Waals surface area contributed by atoms with E-state index in [1.807, 2.05) is 37.5 Å². The highest BCUT2D eigenvalue weighted by molar-refractivity contribution is 9.10. The third kappa shape index (κ3) is 3.61. The van der Waals surface area contributed by atoms with Crippen LogP contribution in [0.2, 0.25) is 0 Å². The summed E-state index contributed by atoms with van der Waals surface area (Å²) in [6.45, 7) is 0. The van der Waals surface area contributed by atoms with Crippen LogP contribution < -0.4 is 5.32 Å². The molecule has 19 heavy (non-hydrogen) atoms. The second-order valence-corrected chi connectivity index (χ2v) is 5.24. The molecule has 2 rings (SSSR count). The highest BCUT2D eigenvalue weighted by Gasteiger charge is 2.15. The average molecular weight is 323 g/mol. The van der Waals surface area contributed by atoms with Gasteiger partial charge in [-0.3, -0.25) is 4.98 Å². The molecule has 1 aromatic carbocycles. The van der Waals surface area contributed by atoms with Crippen molar-refractivity contribution in [1.82, 2.24) is 10.3 Å². The Kier molecular flexibility index (Phi) is 5.05. The van der Waals surface area contributed by atoms with E-state index in [-0.39, 0.29) is 11.9 Å². The summed E-state index contributed by atoms with van der Waals surface area (Å²) in [5.74, 6) is -0.187. The smallest absolute Gasteiger partial charge is 0.142 e. The van der Waals surface area contributed by atoms with Crippen LogP contribution in [-0.2, 0) is 6.42 Å². The molecular formula is C15H16BrFN2. The van der Waals surface area contributed by atoms with Gasteiger partial charge in [-0.05, 0) is 53.5 Å². The first-order valence-corrected chi connectivity index (χ1v) is 7.01. The third-order valence-corrected chi connectivity index (χ3v) is 3.76. The van der Waals surface area contributed by atoms with E-state index in [0.717, 1.165) is 18.4 Å². The van der Waals surface area contributed by atoms with E-state index in [0.29, 0.717) is 10.0 Å². The normalized spacial score (nSPS) is 12.4. The number of hydrogen-bond donors (Lipinski definition) is 1. The monoisotopic (exact) mass is 322 g/mol. The van der Waals surface area contributed by atoms with Crippen molar-refractivity contribution in [2.75, 3.05) is 7.05 Å². The number of aryl methyl sites for hydroxylation is 1. The molecule has 0 saturated heterocycles. The number of aromatic nitrogens is 1. The van der Waals surface area contributed by atoms with E-state index in [2.05, 4.69) is 26.2 Å². The summed E-state index contributed by atoms with van der Waals surface area (Å²) in [5, 5.41) is 3.18. The standard InChI is InChI=1S/C15H16BrFN2/c1-18-14(8-7-11-4-3-9-19-10-11)12-5-2-6-13(16)15(12)17/h2-6,9-10,14,18H,7-8H2,1H3. The van der Waals surface area contributed by atoms with Gasteiger partial charge < -0.3 is 5.32 Å². The average Bonchev–Trinajstić information content (AvgIpc) is 2.45. The number of halogens is 2. The molecule has 0 aliphatic rings. The molecule has 1 unspecified atom stereocenters. The van der Waals surface area contributed by atoms with Crippen molar-refractivity contribution in [2.24, 2.45) is 0 Å². The highest BCUT2D eigenvalue weighted by atomic mass is 79.9. The zero-order chi connectivity index (χ0) is 13.7. The first kappa shape index (κ1) is 14.2. The maximum absolute atomic E-state index is 14.1. The lowest BCUT2D eigenvalue weighted by Crippen LogP contribution is -2.18. The Morgan fingerprint density at radius 3 is 2.84 bits per heavy atom. The second kappa shape index (κ2) is 6.78. The van der Waals surface area contributed by atoms with E-state index in [1.54, 1.807) is 12.3 Å². The lowest BCUT2D eigenvalue weighted by Gasteiger charge is -2.17. The van der Waals surface area contributed by atoms with E-state index >= 15 is 0 Å². The van der Waals surface area contributed by atoms with Crippen molar-refractivity contribution in [3.05, 3.63) is 64.1 Å². The molecule has 0 fully saturated rings. The van der Waals surface area contributed by atoms with Crippen LogP contribution in [0.1, 0.15) is 23.6 Å². The van der Waals surface area contributed by atoms with E-state index in [9.17, 15) is 4.39 Å². The quantitative estimate of drug-likeness (QED) is 0.903. The number of hydrogen-bond acceptors (Lipinski definition) is 2. The minimum atomic E-state index is -0.187. The predicted molar refractivity (Wildman–Crippen MR) is 78.5 cm³/mol. The molecule has 0 bridgehead atoms. The lowest BCUT2D eigenvalue weighted by atomic mass is 9.99. The van der Waals surface area contributed by atoms with E-state index < -0.39 is 0 Å². The number of nitrogens with one attached hydrogen (secondary N) is 1. The van der Waals surface area contributed by atoms with Crippen LogP contribution in [0.25, 0.3) is 0 Å². The van der Waals surface area contributed by atoms with Crippen LogP contribution >= 0.6 is 15.9 Å². The van der Waals surface area contributed by atoms with E-state index in [4.69, 9.17) is 0 Å². The van der Waals surface area contributed by atoms with Crippen LogP contribution in [0, 0.1) is 5.82 Å². The van der Waals surface area contributed by atoms with Gasteiger partial charge in [-0.25, -0.2) is 4.39 Å². The molecular weight excluding hydrogens is 307 g/mol. The minimum Gasteiger partial charge on any atom is -0.313 e. The molecule has 1 heterocycles. The summed E-state index contributed by atoms with van der Waals surface area (Å²) in [6, 6.07) is 9.35. The van der Waals surface area contributed by atoms with Gasteiger partial charge in [-0.1, -0.05) is 18.2 Å². The number of benzene rings is 1. The maximum atomic E-state index is 14.1. The molecule has 0 aliphatic heterocycles. The van der Waals surface area contributed by atoms with Crippen molar-refractivity contribution >= 4 is 15.9 Å². The molecule has 1 N–H and O–H groups in total. The van der Waals surface area contributed by atoms with Gasteiger partial charge in [0, 0.05) is 24.0 Å². The summed E-state index contributed by atoms with van der Waals surface area (Å²) in [4.78, 5) is 4.09. The molecule has 0 aliphatic carbocycles. The Morgan fingerprint density at radius 1 is 1.32 bits per heavy atom. The Morgan fingerprint density at radius 2 is 2.16 bits per heavy atom. The van der Waals surface area contributed by atoms with Gasteiger partial charge >= 0.3 is 0 Å². The number of rotatable bonds is 5. The summed E-state index contributed by atoms with van der Waals surface area (Å²) >= 11 is 3.23. The second-order valence-electron chi connectivity index (χ2n) is 4.38. The van der Waals surface area contributed by atoms with Crippen LogP contribution in [0.15, 0.2) is 47.2 Å². The van der Waals surface area contributed by atoms with Crippen molar-refractivity contribution in [3.8, 4) is 0 Å². The predicted octanol–water partition coefficient (Wildman–Crippen LogP) is 3.88. The zero-order valence-corrected chi connectivity index (χ0v) is 12.3. The Hall–Kier alpha value is -1.26. The molecule has 0 amide bonds. The van der Waals surface area contributed by atoms with Gasteiger partial charge in [0.15, 0.2) is 0 Å². The van der Waals surface area contributed by atoms with Crippen LogP contribution in [0.3, 0.4) is 0 Å². The van der Waals surface area contributed by atoms with Crippen molar-refractivity contribution in [3.63, 3.8) is 0 Å². The first-order chi connectivity index (χ1) is 9.22. The lowest BCUT2D eigenvalue weighted by molar-refractivity contribution is 0.506. The Balaban J connectivity index is 2.10. The molecule has 0 saturated carbocycles. The largest absolute Gasteiger partial charge is 0.313 e. The zero-order valence-electron chi connectivity index (χ0n) is 10.7. The summed E-state index contributed by atoms with van der Waals surface area (Å²) in [6.07, 6.45) is 5.30. The molecule has 0 spiro atoms. The van der Waals surface area contributed by atoms with Gasteiger partial charge in [0.25, 0.3) is 0 Å². The molecule has 2 nitrogen and oxygen atoms in total. The minimum absolute atomic E-state index is 0.00212. The molecule has 0 radical (unpaired) electrons. The van der Waals surface area contributed by atoms with Crippen molar-refractivity contribution < 1.29 is 4.39 Å². The van der Waals surface area contributed by atoms with Gasteiger partial charge in [0.05, 0.1) is 4.47 Å². The Bertz CT molecular complexity index is 531. The number of pyridine rings is 1. The Labute approximate surface area is 121 Å². The molecule has 1 aromatic heterocycles. The topological polar surface area (TPSA) is 24.9 Å². The van der Waals surface area contributed by atoms with Crippen LogP contribution in [0.5, 0.6) is 0 Å². The van der Waals surface area contributed by atoms with Gasteiger partial charge in [-0.2, -0.15) is 0 Å². The highest BCUT2D eigenvalue weighted by Crippen LogP contribution is 2.26. The third-order valence-electron chi connectivity index (χ3n) is 3.15. The summed E-state index contributed by atoms with van der Waals surface area (Å²) < 4.78 is 14.6. The van der Waals surface area contributed by atoms with Gasteiger partial charge in [-0.15, -0.1) is 0 Å². The van der Waals surface area contributed by atoms with Crippen molar-refractivity contribution in [1.29, 1.82) is 0 Å².